The van der Waals surface area contributed by atoms with Crippen molar-refractivity contribution in [3.05, 3.63) is 12.2 Å². The molecule has 0 bridgehead atoms. The Morgan fingerprint density at radius 3 is 2.00 bits per heavy atom. The summed E-state index contributed by atoms with van der Waals surface area (Å²) in [5.74, 6) is -0.314. The fourth-order valence-corrected chi connectivity index (χ4v) is 0.669. The van der Waals surface area contributed by atoms with Gasteiger partial charge in [0.25, 0.3) is 5.91 Å². The van der Waals surface area contributed by atoms with Gasteiger partial charge in [0.05, 0.1) is 13.2 Å². The Bertz CT molecular complexity index is 174. The summed E-state index contributed by atoms with van der Waals surface area (Å²) in [6.07, 6.45) is 0.593. The van der Waals surface area contributed by atoms with Gasteiger partial charge in [0.15, 0.2) is 0 Å². The van der Waals surface area contributed by atoms with Crippen LogP contribution < -0.4 is 0 Å². The maximum absolute atomic E-state index is 11.4. The van der Waals surface area contributed by atoms with Crippen molar-refractivity contribution in [3.63, 3.8) is 0 Å². The van der Waals surface area contributed by atoms with Crippen LogP contribution in [0, 0.1) is 0 Å². The van der Waals surface area contributed by atoms with Crippen LogP contribution in [0.15, 0.2) is 12.2 Å². The second kappa shape index (κ2) is 6.62. The lowest BCUT2D eigenvalue weighted by Crippen LogP contribution is -2.32. The van der Waals surface area contributed by atoms with Crippen LogP contribution in [0.1, 0.15) is 27.2 Å². The second-order valence-corrected chi connectivity index (χ2v) is 2.35. The summed E-state index contributed by atoms with van der Waals surface area (Å²) in [4.78, 5) is 21.4. The molecule has 0 heterocycles. The van der Waals surface area contributed by atoms with Crippen LogP contribution in [0.4, 0.5) is 0 Å². The van der Waals surface area contributed by atoms with E-state index in [0.29, 0.717) is 25.2 Å². The van der Waals surface area contributed by atoms with Gasteiger partial charge in [0.1, 0.15) is 0 Å². The van der Waals surface area contributed by atoms with Crippen LogP contribution in [-0.2, 0) is 14.5 Å². The van der Waals surface area contributed by atoms with Crippen LogP contribution in [0.2, 0.25) is 0 Å². The molecule has 76 valence electrons. The van der Waals surface area contributed by atoms with Gasteiger partial charge in [-0.3, -0.25) is 4.79 Å². The molecule has 0 fully saturated rings. The minimum atomic E-state index is -0.314. The molecule has 0 saturated carbocycles. The van der Waals surface area contributed by atoms with Crippen molar-refractivity contribution in [1.82, 2.24) is 5.23 Å². The summed E-state index contributed by atoms with van der Waals surface area (Å²) >= 11 is 0. The van der Waals surface area contributed by atoms with Gasteiger partial charge in [0.2, 0.25) is 0 Å². The van der Waals surface area contributed by atoms with Crippen molar-refractivity contribution in [3.8, 4) is 0 Å². The van der Waals surface area contributed by atoms with Crippen LogP contribution in [0.25, 0.3) is 0 Å². The van der Waals surface area contributed by atoms with Crippen LogP contribution >= 0.6 is 0 Å². The SMILES string of the molecule is C=C(CC)C(=O)N(OCC)OCC. The van der Waals surface area contributed by atoms with Crippen molar-refractivity contribution >= 4 is 5.91 Å². The monoisotopic (exact) mass is 187 g/mol. The highest BCUT2D eigenvalue weighted by Crippen LogP contribution is 2.05. The molecule has 4 nitrogen and oxygen atoms in total. The first-order valence-electron chi connectivity index (χ1n) is 4.45. The molecule has 0 N–H and O–H groups in total. The Morgan fingerprint density at radius 1 is 1.23 bits per heavy atom. The molecule has 0 radical (unpaired) electrons. The Morgan fingerprint density at radius 2 is 1.69 bits per heavy atom. The van der Waals surface area contributed by atoms with Gasteiger partial charge in [0, 0.05) is 5.57 Å². The van der Waals surface area contributed by atoms with E-state index in [2.05, 4.69) is 6.58 Å². The summed E-state index contributed by atoms with van der Waals surface area (Å²) in [5.41, 5.74) is 0.474. The molecule has 0 aliphatic carbocycles. The summed E-state index contributed by atoms with van der Waals surface area (Å²) in [6, 6.07) is 0. The molecular formula is C9H17NO3. The molecule has 0 spiro atoms. The molecule has 0 aromatic carbocycles. The van der Waals surface area contributed by atoms with Crippen LogP contribution in [0.3, 0.4) is 0 Å². The number of hydrogen-bond acceptors (Lipinski definition) is 3. The molecule has 13 heavy (non-hydrogen) atoms. The smallest absolute Gasteiger partial charge is 0.265 e. The standard InChI is InChI=1S/C9H17NO3/c1-5-8(4)9(11)10(12-6-2)13-7-3/h4-7H2,1-3H3. The number of amides is 1. The predicted molar refractivity (Wildman–Crippen MR) is 49.5 cm³/mol. The van der Waals surface area contributed by atoms with Gasteiger partial charge in [-0.1, -0.05) is 18.7 Å². The maximum Gasteiger partial charge on any atom is 0.299 e. The third kappa shape index (κ3) is 4.05. The third-order valence-electron chi connectivity index (χ3n) is 1.39. The molecule has 1 amide bonds. The number of hydrogen-bond donors (Lipinski definition) is 0. The summed E-state index contributed by atoms with van der Waals surface area (Å²) < 4.78 is 0. The van der Waals surface area contributed by atoms with Crippen molar-refractivity contribution in [1.29, 1.82) is 0 Å². The topological polar surface area (TPSA) is 38.8 Å². The number of rotatable bonds is 6. The van der Waals surface area contributed by atoms with Gasteiger partial charge in [-0.25, -0.2) is 9.68 Å². The lowest BCUT2D eigenvalue weighted by molar-refractivity contribution is -0.336. The number of carbonyl (C=O) groups excluding carboxylic acids is 1. The van der Waals surface area contributed by atoms with E-state index in [4.69, 9.17) is 9.68 Å². The molecule has 0 unspecified atom stereocenters. The van der Waals surface area contributed by atoms with Crippen LogP contribution in [0.5, 0.6) is 0 Å². The summed E-state index contributed by atoms with van der Waals surface area (Å²) in [6.45, 7) is 9.82. The average molecular weight is 187 g/mol. The van der Waals surface area contributed by atoms with Crippen molar-refractivity contribution in [2.24, 2.45) is 0 Å². The first-order valence-corrected chi connectivity index (χ1v) is 4.45. The third-order valence-corrected chi connectivity index (χ3v) is 1.39. The van der Waals surface area contributed by atoms with E-state index in [1.54, 1.807) is 13.8 Å². The molecule has 0 aliphatic heterocycles. The first-order chi connectivity index (χ1) is 6.17. The van der Waals surface area contributed by atoms with Crippen LogP contribution in [-0.4, -0.2) is 24.3 Å². The average Bonchev–Trinajstić information content (AvgIpc) is 2.15. The van der Waals surface area contributed by atoms with Gasteiger partial charge in [-0.2, -0.15) is 0 Å². The highest BCUT2D eigenvalue weighted by molar-refractivity contribution is 5.91. The van der Waals surface area contributed by atoms with Crippen molar-refractivity contribution in [2.75, 3.05) is 13.2 Å². The lowest BCUT2D eigenvalue weighted by atomic mass is 10.2. The zero-order chi connectivity index (χ0) is 10.3. The predicted octanol–water partition coefficient (Wildman–Crippen LogP) is 1.68. The number of carbonyl (C=O) groups is 1. The molecule has 0 rings (SSSR count). The van der Waals surface area contributed by atoms with Gasteiger partial charge in [-0.15, -0.1) is 0 Å². The normalized spacial score (nSPS) is 9.77. The molecule has 0 atom stereocenters. The highest BCUT2D eigenvalue weighted by atomic mass is 17.0. The van der Waals surface area contributed by atoms with E-state index in [-0.39, 0.29) is 5.91 Å². The zero-order valence-electron chi connectivity index (χ0n) is 8.50. The van der Waals surface area contributed by atoms with E-state index in [0.717, 1.165) is 5.23 Å². The molecule has 0 aromatic heterocycles. The maximum atomic E-state index is 11.4. The molecule has 4 heteroatoms. The fourth-order valence-electron chi connectivity index (χ4n) is 0.669. The Labute approximate surface area is 79.0 Å². The first kappa shape index (κ1) is 12.1. The minimum Gasteiger partial charge on any atom is -0.265 e. The summed E-state index contributed by atoms with van der Waals surface area (Å²) in [5, 5.41) is 0.895. The lowest BCUT2D eigenvalue weighted by Gasteiger charge is -2.19. The minimum absolute atomic E-state index is 0.314. The highest BCUT2D eigenvalue weighted by Gasteiger charge is 2.16. The molecule has 0 saturated heterocycles. The fraction of sp³-hybridized carbons (Fsp3) is 0.667. The van der Waals surface area contributed by atoms with Gasteiger partial charge in [-0.05, 0) is 20.3 Å². The number of nitrogens with zero attached hydrogens (tertiary/aromatic N) is 1. The van der Waals surface area contributed by atoms with Gasteiger partial charge >= 0.3 is 0 Å². The Balaban J connectivity index is 4.18. The quantitative estimate of drug-likeness (QED) is 0.469. The molecular weight excluding hydrogens is 170 g/mol. The van der Waals surface area contributed by atoms with Crippen molar-refractivity contribution < 1.29 is 14.5 Å². The van der Waals surface area contributed by atoms with E-state index in [1.165, 1.54) is 0 Å². The summed E-state index contributed by atoms with van der Waals surface area (Å²) in [7, 11) is 0. The van der Waals surface area contributed by atoms with Gasteiger partial charge < -0.3 is 0 Å². The van der Waals surface area contributed by atoms with E-state index >= 15 is 0 Å². The van der Waals surface area contributed by atoms with E-state index in [1.807, 2.05) is 6.92 Å². The molecule has 0 aromatic rings. The Kier molecular flexibility index (Phi) is 6.18. The van der Waals surface area contributed by atoms with E-state index in [9.17, 15) is 4.79 Å². The number of hydroxylamine groups is 2. The molecule has 0 aliphatic rings. The van der Waals surface area contributed by atoms with E-state index < -0.39 is 0 Å². The largest absolute Gasteiger partial charge is 0.299 e. The second-order valence-electron chi connectivity index (χ2n) is 2.35. The zero-order valence-corrected chi connectivity index (χ0v) is 8.50. The Hall–Kier alpha value is -0.870. The van der Waals surface area contributed by atoms with Crippen molar-refractivity contribution in [2.45, 2.75) is 27.2 Å².